The number of hydrogen-bond acceptors (Lipinski definition) is 4. The zero-order chi connectivity index (χ0) is 9.84. The maximum Gasteiger partial charge on any atom is 0.308 e. The third-order valence-corrected chi connectivity index (χ3v) is 2.75. The minimum atomic E-state index is -0.132. The lowest BCUT2D eigenvalue weighted by Gasteiger charge is -2.37. The molecule has 0 aromatic rings. The van der Waals surface area contributed by atoms with Crippen molar-refractivity contribution in [2.24, 2.45) is 5.92 Å². The van der Waals surface area contributed by atoms with Crippen molar-refractivity contribution in [1.29, 1.82) is 0 Å². The maximum atomic E-state index is 11.1. The average molecular weight is 186 g/mol. The molecule has 0 bridgehead atoms. The first kappa shape index (κ1) is 10.5. The van der Waals surface area contributed by atoms with E-state index < -0.39 is 0 Å². The molecule has 4 nitrogen and oxygen atoms in total. The molecule has 1 aliphatic carbocycles. The van der Waals surface area contributed by atoms with Gasteiger partial charge in [-0.15, -0.1) is 0 Å². The molecule has 4 heteroatoms. The van der Waals surface area contributed by atoms with Crippen molar-refractivity contribution in [2.45, 2.75) is 31.7 Å². The van der Waals surface area contributed by atoms with Crippen molar-refractivity contribution < 1.29 is 9.53 Å². The molecule has 0 N–H and O–H groups in total. The van der Waals surface area contributed by atoms with Crippen LogP contribution in [0, 0.1) is 11.1 Å². The molecule has 76 valence electrons. The Morgan fingerprint density at radius 1 is 1.38 bits per heavy atom. The maximum absolute atomic E-state index is 11.1. The van der Waals surface area contributed by atoms with Gasteiger partial charge in [0.1, 0.15) is 0 Å². The van der Waals surface area contributed by atoms with Gasteiger partial charge < -0.3 is 15.0 Å². The predicted molar refractivity (Wildman–Crippen MR) is 48.9 cm³/mol. The molecule has 0 aliphatic heterocycles. The van der Waals surface area contributed by atoms with Gasteiger partial charge in [0.25, 0.3) is 0 Å². The van der Waals surface area contributed by atoms with E-state index in [4.69, 9.17) is 0 Å². The lowest BCUT2D eigenvalue weighted by atomic mass is 9.86. The Labute approximate surface area is 78.4 Å². The molecular formula is C9H16NO3-. The van der Waals surface area contributed by atoms with Crippen LogP contribution in [0.3, 0.4) is 0 Å². The molecule has 0 radical (unpaired) electrons. The Hall–Kier alpha value is -0.610. The highest BCUT2D eigenvalue weighted by molar-refractivity contribution is 5.72. The number of esters is 1. The highest BCUT2D eigenvalue weighted by Crippen LogP contribution is 2.27. The molecule has 0 spiro atoms. The largest absolute Gasteiger partial charge is 0.785 e. The molecule has 1 saturated carbocycles. The van der Waals surface area contributed by atoms with Crippen LogP contribution in [-0.4, -0.2) is 31.2 Å². The fourth-order valence-corrected chi connectivity index (χ4v) is 1.84. The average Bonchev–Trinajstić information content (AvgIpc) is 2.17. The standard InChI is InChI=1S/C9H16NO3/c1-10(12)8-5-3-7(4-6-8)9(11)13-2/h7-8H,3-6H2,1-2H3/q-1. The molecule has 0 aromatic heterocycles. The minimum Gasteiger partial charge on any atom is -0.785 e. The topological polar surface area (TPSA) is 52.6 Å². The van der Waals surface area contributed by atoms with Gasteiger partial charge in [-0.1, -0.05) is 0 Å². The highest BCUT2D eigenvalue weighted by Gasteiger charge is 2.26. The van der Waals surface area contributed by atoms with Crippen LogP contribution in [0.15, 0.2) is 0 Å². The van der Waals surface area contributed by atoms with Crippen LogP contribution in [0.2, 0.25) is 0 Å². The van der Waals surface area contributed by atoms with Gasteiger partial charge in [-0.25, -0.2) is 0 Å². The van der Waals surface area contributed by atoms with Crippen LogP contribution in [0.4, 0.5) is 0 Å². The number of nitrogens with zero attached hydrogens (tertiary/aromatic N) is 1. The molecule has 0 atom stereocenters. The zero-order valence-electron chi connectivity index (χ0n) is 8.16. The smallest absolute Gasteiger partial charge is 0.308 e. The number of carbonyl (C=O) groups is 1. The summed E-state index contributed by atoms with van der Waals surface area (Å²) >= 11 is 0. The van der Waals surface area contributed by atoms with Gasteiger partial charge in [0.05, 0.1) is 13.0 Å². The number of ether oxygens (including phenoxy) is 1. The van der Waals surface area contributed by atoms with Crippen molar-refractivity contribution in [3.8, 4) is 0 Å². The van der Waals surface area contributed by atoms with E-state index in [1.807, 2.05) is 0 Å². The number of methoxy groups -OCH3 is 1. The summed E-state index contributed by atoms with van der Waals surface area (Å²) in [6.07, 6.45) is 3.17. The summed E-state index contributed by atoms with van der Waals surface area (Å²) in [5, 5.41) is 11.9. The van der Waals surface area contributed by atoms with Crippen molar-refractivity contribution in [3.05, 3.63) is 5.21 Å². The summed E-state index contributed by atoms with van der Waals surface area (Å²) in [7, 11) is 2.96. The second kappa shape index (κ2) is 4.58. The molecule has 1 aliphatic rings. The Balaban J connectivity index is 2.34. The van der Waals surface area contributed by atoms with E-state index in [2.05, 4.69) is 4.74 Å². The molecule has 1 fully saturated rings. The van der Waals surface area contributed by atoms with E-state index in [0.717, 1.165) is 30.7 Å². The van der Waals surface area contributed by atoms with Gasteiger partial charge in [0.2, 0.25) is 0 Å². The molecule has 0 amide bonds. The quantitative estimate of drug-likeness (QED) is 0.479. The normalized spacial score (nSPS) is 28.9. The van der Waals surface area contributed by atoms with Crippen LogP contribution in [0.25, 0.3) is 0 Å². The molecular weight excluding hydrogens is 170 g/mol. The van der Waals surface area contributed by atoms with Gasteiger partial charge in [0, 0.05) is 0 Å². The summed E-state index contributed by atoms with van der Waals surface area (Å²) in [4.78, 5) is 11.1. The summed E-state index contributed by atoms with van der Waals surface area (Å²) in [6.45, 7) is 0. The van der Waals surface area contributed by atoms with E-state index in [1.165, 1.54) is 7.11 Å². The first-order valence-corrected chi connectivity index (χ1v) is 4.63. The van der Waals surface area contributed by atoms with Crippen LogP contribution < -0.4 is 0 Å². The zero-order valence-corrected chi connectivity index (χ0v) is 8.16. The summed E-state index contributed by atoms with van der Waals surface area (Å²) in [5.74, 6) is -0.117. The lowest BCUT2D eigenvalue weighted by molar-refractivity contribution is -0.146. The van der Waals surface area contributed by atoms with E-state index in [1.54, 1.807) is 7.05 Å². The van der Waals surface area contributed by atoms with Crippen molar-refractivity contribution in [2.75, 3.05) is 14.2 Å². The Kier molecular flexibility index (Phi) is 3.69. The van der Waals surface area contributed by atoms with Crippen molar-refractivity contribution >= 4 is 5.97 Å². The third kappa shape index (κ3) is 2.67. The SMILES string of the molecule is COC(=O)C1CCC(N(C)[O-])CC1. The van der Waals surface area contributed by atoms with E-state index in [0.29, 0.717) is 0 Å². The number of hydroxylamine groups is 2. The van der Waals surface area contributed by atoms with Gasteiger partial charge >= 0.3 is 5.97 Å². The lowest BCUT2D eigenvalue weighted by Crippen LogP contribution is -2.33. The fraction of sp³-hybridized carbons (Fsp3) is 0.889. The molecule has 0 unspecified atom stereocenters. The van der Waals surface area contributed by atoms with E-state index in [-0.39, 0.29) is 17.9 Å². The van der Waals surface area contributed by atoms with Crippen LogP contribution >= 0.6 is 0 Å². The monoisotopic (exact) mass is 186 g/mol. The van der Waals surface area contributed by atoms with E-state index >= 15 is 0 Å². The Morgan fingerprint density at radius 3 is 2.31 bits per heavy atom. The number of hydrogen-bond donors (Lipinski definition) is 0. The van der Waals surface area contributed by atoms with Crippen LogP contribution in [0.5, 0.6) is 0 Å². The van der Waals surface area contributed by atoms with Crippen LogP contribution in [0.1, 0.15) is 25.7 Å². The summed E-state index contributed by atoms with van der Waals surface area (Å²) < 4.78 is 4.65. The first-order valence-electron chi connectivity index (χ1n) is 4.63. The molecule has 0 heterocycles. The second-order valence-corrected chi connectivity index (χ2v) is 3.57. The molecule has 1 rings (SSSR count). The van der Waals surface area contributed by atoms with Crippen molar-refractivity contribution in [1.82, 2.24) is 5.06 Å². The highest BCUT2D eigenvalue weighted by atomic mass is 16.5. The predicted octanol–water partition coefficient (Wildman–Crippen LogP) is 1.15. The molecule has 0 saturated heterocycles. The van der Waals surface area contributed by atoms with Gasteiger partial charge in [0.15, 0.2) is 0 Å². The van der Waals surface area contributed by atoms with Gasteiger partial charge in [-0.05, 0) is 38.8 Å². The molecule has 0 aromatic carbocycles. The van der Waals surface area contributed by atoms with Crippen LogP contribution in [-0.2, 0) is 9.53 Å². The number of carbonyl (C=O) groups excluding carboxylic acids is 1. The minimum absolute atomic E-state index is 0.0150. The molecule has 13 heavy (non-hydrogen) atoms. The Morgan fingerprint density at radius 2 is 1.92 bits per heavy atom. The second-order valence-electron chi connectivity index (χ2n) is 3.57. The van der Waals surface area contributed by atoms with Gasteiger partial charge in [-0.2, -0.15) is 0 Å². The first-order chi connectivity index (χ1) is 6.15. The summed E-state index contributed by atoms with van der Waals surface area (Å²) in [5.41, 5.74) is 0. The van der Waals surface area contributed by atoms with Crippen molar-refractivity contribution in [3.63, 3.8) is 0 Å². The number of rotatable bonds is 2. The van der Waals surface area contributed by atoms with Gasteiger partial charge in [-0.3, -0.25) is 4.79 Å². The summed E-state index contributed by atoms with van der Waals surface area (Å²) in [6, 6.07) is 0.0981. The fourth-order valence-electron chi connectivity index (χ4n) is 1.84. The third-order valence-electron chi connectivity index (χ3n) is 2.75. The van der Waals surface area contributed by atoms with E-state index in [9.17, 15) is 10.0 Å². The Bertz CT molecular complexity index is 174.